The van der Waals surface area contributed by atoms with Crippen molar-refractivity contribution in [3.8, 4) is 0 Å². The van der Waals surface area contributed by atoms with Crippen LogP contribution in [0.3, 0.4) is 0 Å². The van der Waals surface area contributed by atoms with Gasteiger partial charge in [-0.25, -0.2) is 4.39 Å². The molecule has 0 aliphatic heterocycles. The summed E-state index contributed by atoms with van der Waals surface area (Å²) < 4.78 is 15.1. The van der Waals surface area contributed by atoms with Gasteiger partial charge in [0.25, 0.3) is 0 Å². The molecule has 1 aliphatic rings. The van der Waals surface area contributed by atoms with Crippen LogP contribution >= 0.6 is 0 Å². The number of halogens is 1. The topological polar surface area (TPSA) is 29.9 Å². The van der Waals surface area contributed by atoms with Crippen molar-refractivity contribution in [3.63, 3.8) is 0 Å². The van der Waals surface area contributed by atoms with Crippen LogP contribution in [0.25, 0.3) is 0 Å². The van der Waals surface area contributed by atoms with Crippen molar-refractivity contribution < 1.29 is 4.39 Å². The lowest BCUT2D eigenvalue weighted by Crippen LogP contribution is -2.17. The Morgan fingerprint density at radius 1 is 1.44 bits per heavy atom. The van der Waals surface area contributed by atoms with Gasteiger partial charge in [0.15, 0.2) is 0 Å². The molecule has 0 spiro atoms. The Bertz CT molecular complexity index is 562. The minimum absolute atomic E-state index is 0.206. The second-order valence-corrected chi connectivity index (χ2v) is 4.77. The lowest BCUT2D eigenvalue weighted by Gasteiger charge is -2.24. The van der Waals surface area contributed by atoms with E-state index in [2.05, 4.69) is 10.4 Å². The maximum absolute atomic E-state index is 13.2. The fourth-order valence-corrected chi connectivity index (χ4v) is 2.64. The highest BCUT2D eigenvalue weighted by Crippen LogP contribution is 2.32. The number of benzene rings is 1. The van der Waals surface area contributed by atoms with Gasteiger partial charge >= 0.3 is 0 Å². The number of aryl methyl sites for hydroxylation is 1. The zero-order valence-electron chi connectivity index (χ0n) is 10.4. The number of hydrogen-bond acceptors (Lipinski definition) is 2. The smallest absolute Gasteiger partial charge is 0.125 e. The van der Waals surface area contributed by atoms with E-state index in [0.717, 1.165) is 24.9 Å². The van der Waals surface area contributed by atoms with Crippen molar-refractivity contribution in [2.45, 2.75) is 25.3 Å². The molecule has 1 atom stereocenters. The molecule has 1 N–H and O–H groups in total. The summed E-state index contributed by atoms with van der Waals surface area (Å²) in [6.45, 7) is 0. The molecule has 1 aliphatic carbocycles. The van der Waals surface area contributed by atoms with Crippen LogP contribution in [0.2, 0.25) is 0 Å². The van der Waals surface area contributed by atoms with Gasteiger partial charge in [0.05, 0.1) is 12.2 Å². The standard InChI is InChI=1S/C14H16FN3/c1-18-14-7-3-6-13(12(14)9-16-18)17-11-5-2-4-10(15)8-11/h2,4-5,8-9,13,17H,3,6-7H2,1H3. The van der Waals surface area contributed by atoms with Crippen molar-refractivity contribution in [1.82, 2.24) is 9.78 Å². The van der Waals surface area contributed by atoms with Gasteiger partial charge in [0.2, 0.25) is 0 Å². The zero-order chi connectivity index (χ0) is 12.5. The first-order valence-electron chi connectivity index (χ1n) is 6.27. The molecule has 0 amide bonds. The minimum Gasteiger partial charge on any atom is -0.378 e. The number of hydrogen-bond donors (Lipinski definition) is 1. The third-order valence-corrected chi connectivity index (χ3v) is 3.54. The van der Waals surface area contributed by atoms with Crippen LogP contribution in [0.1, 0.15) is 30.1 Å². The molecule has 0 saturated carbocycles. The first-order valence-corrected chi connectivity index (χ1v) is 6.27. The van der Waals surface area contributed by atoms with Crippen LogP contribution in [0.15, 0.2) is 30.5 Å². The first kappa shape index (κ1) is 11.3. The van der Waals surface area contributed by atoms with E-state index in [4.69, 9.17) is 0 Å². The van der Waals surface area contributed by atoms with Crippen LogP contribution in [0.5, 0.6) is 0 Å². The van der Waals surface area contributed by atoms with Gasteiger partial charge in [-0.3, -0.25) is 4.68 Å². The van der Waals surface area contributed by atoms with E-state index in [1.54, 1.807) is 6.07 Å². The molecule has 3 nitrogen and oxygen atoms in total. The summed E-state index contributed by atoms with van der Waals surface area (Å²) >= 11 is 0. The van der Waals surface area contributed by atoms with Gasteiger partial charge in [-0.05, 0) is 37.5 Å². The Balaban J connectivity index is 1.86. The summed E-state index contributed by atoms with van der Waals surface area (Å²) in [6, 6.07) is 6.86. The second kappa shape index (κ2) is 4.44. The van der Waals surface area contributed by atoms with E-state index in [1.165, 1.54) is 23.4 Å². The predicted molar refractivity (Wildman–Crippen MR) is 68.9 cm³/mol. The van der Waals surface area contributed by atoms with Crippen LogP contribution in [0, 0.1) is 5.82 Å². The summed E-state index contributed by atoms with van der Waals surface area (Å²) in [5.41, 5.74) is 3.36. The molecule has 2 aromatic rings. The summed E-state index contributed by atoms with van der Waals surface area (Å²) in [4.78, 5) is 0. The van der Waals surface area contributed by atoms with Crippen LogP contribution < -0.4 is 5.32 Å². The van der Waals surface area contributed by atoms with Gasteiger partial charge in [-0.2, -0.15) is 5.10 Å². The maximum Gasteiger partial charge on any atom is 0.125 e. The second-order valence-electron chi connectivity index (χ2n) is 4.77. The SMILES string of the molecule is Cn1ncc2c1CCCC2Nc1cccc(F)c1. The van der Waals surface area contributed by atoms with Gasteiger partial charge in [0.1, 0.15) is 5.82 Å². The van der Waals surface area contributed by atoms with Gasteiger partial charge in [-0.15, -0.1) is 0 Å². The van der Waals surface area contributed by atoms with E-state index >= 15 is 0 Å². The number of rotatable bonds is 2. The highest BCUT2D eigenvalue weighted by Gasteiger charge is 2.23. The minimum atomic E-state index is -0.206. The van der Waals surface area contributed by atoms with Crippen molar-refractivity contribution in [3.05, 3.63) is 47.5 Å². The largest absolute Gasteiger partial charge is 0.378 e. The molecule has 1 heterocycles. The van der Waals surface area contributed by atoms with Gasteiger partial charge in [-0.1, -0.05) is 6.07 Å². The Hall–Kier alpha value is -1.84. The summed E-state index contributed by atoms with van der Waals surface area (Å²) in [5.74, 6) is -0.206. The van der Waals surface area contributed by atoms with Crippen molar-refractivity contribution in [2.75, 3.05) is 5.32 Å². The van der Waals surface area contributed by atoms with E-state index < -0.39 is 0 Å². The highest BCUT2D eigenvalue weighted by atomic mass is 19.1. The van der Waals surface area contributed by atoms with Gasteiger partial charge in [0, 0.05) is 24.0 Å². The normalized spacial score (nSPS) is 18.4. The highest BCUT2D eigenvalue weighted by molar-refractivity contribution is 5.46. The quantitative estimate of drug-likeness (QED) is 0.881. The molecule has 0 radical (unpaired) electrons. The van der Waals surface area contributed by atoms with Crippen molar-refractivity contribution in [1.29, 1.82) is 0 Å². The molecule has 0 fully saturated rings. The molecule has 3 rings (SSSR count). The molecule has 0 bridgehead atoms. The first-order chi connectivity index (χ1) is 8.74. The monoisotopic (exact) mass is 245 g/mol. The van der Waals surface area contributed by atoms with Gasteiger partial charge < -0.3 is 5.32 Å². The average Bonchev–Trinajstić information content (AvgIpc) is 2.73. The third kappa shape index (κ3) is 1.98. The van der Waals surface area contributed by atoms with Crippen molar-refractivity contribution in [2.24, 2.45) is 7.05 Å². The van der Waals surface area contributed by atoms with E-state index in [0.29, 0.717) is 0 Å². The molecule has 18 heavy (non-hydrogen) atoms. The number of aromatic nitrogens is 2. The molecule has 1 unspecified atom stereocenters. The molecule has 4 heteroatoms. The van der Waals surface area contributed by atoms with Crippen LogP contribution in [0.4, 0.5) is 10.1 Å². The lowest BCUT2D eigenvalue weighted by atomic mass is 9.93. The van der Waals surface area contributed by atoms with E-state index in [9.17, 15) is 4.39 Å². The fraction of sp³-hybridized carbons (Fsp3) is 0.357. The van der Waals surface area contributed by atoms with Crippen LogP contribution in [-0.4, -0.2) is 9.78 Å². The molecular formula is C14H16FN3. The fourth-order valence-electron chi connectivity index (χ4n) is 2.64. The van der Waals surface area contributed by atoms with E-state index in [1.807, 2.05) is 24.0 Å². The summed E-state index contributed by atoms with van der Waals surface area (Å²) in [7, 11) is 1.98. The molecule has 1 aromatic carbocycles. The Kier molecular flexibility index (Phi) is 2.78. The number of anilines is 1. The summed E-state index contributed by atoms with van der Waals surface area (Å²) in [6.07, 6.45) is 5.20. The Morgan fingerprint density at radius 2 is 2.33 bits per heavy atom. The van der Waals surface area contributed by atoms with Crippen molar-refractivity contribution >= 4 is 5.69 Å². The Labute approximate surface area is 106 Å². The number of fused-ring (bicyclic) bond motifs is 1. The maximum atomic E-state index is 13.2. The molecule has 1 aromatic heterocycles. The lowest BCUT2D eigenvalue weighted by molar-refractivity contribution is 0.570. The third-order valence-electron chi connectivity index (χ3n) is 3.54. The average molecular weight is 245 g/mol. The van der Waals surface area contributed by atoms with E-state index in [-0.39, 0.29) is 11.9 Å². The van der Waals surface area contributed by atoms with Crippen LogP contribution in [-0.2, 0) is 13.5 Å². The molecule has 94 valence electrons. The predicted octanol–water partition coefficient (Wildman–Crippen LogP) is 3.05. The Morgan fingerprint density at radius 3 is 3.17 bits per heavy atom. The molecule has 0 saturated heterocycles. The summed E-state index contributed by atoms with van der Waals surface area (Å²) in [5, 5.41) is 7.71. The number of nitrogens with one attached hydrogen (secondary N) is 1. The molecular weight excluding hydrogens is 229 g/mol. The number of nitrogens with zero attached hydrogens (tertiary/aromatic N) is 2. The zero-order valence-corrected chi connectivity index (χ0v) is 10.4.